The molecule has 0 amide bonds. The molecule has 0 N–H and O–H groups in total. The van der Waals surface area contributed by atoms with E-state index in [1.165, 1.54) is 6.07 Å². The van der Waals surface area contributed by atoms with Crippen LogP contribution in [0.5, 0.6) is 0 Å². The Morgan fingerprint density at radius 1 is 1.65 bits per heavy atom. The molecule has 0 saturated carbocycles. The van der Waals surface area contributed by atoms with E-state index in [0.29, 0.717) is 5.76 Å². The Kier molecular flexibility index (Phi) is 2.33. The lowest BCUT2D eigenvalue weighted by Gasteiger charge is -2.17. The molecule has 1 aromatic rings. The quantitative estimate of drug-likeness (QED) is 0.584. The highest BCUT2D eigenvalue weighted by Crippen LogP contribution is 2.49. The third kappa shape index (κ3) is 1.55. The zero-order chi connectivity index (χ0) is 12.8. The summed E-state index contributed by atoms with van der Waals surface area (Å²) in [5.41, 5.74) is -2.62. The Morgan fingerprint density at radius 2 is 2.29 bits per heavy atom. The van der Waals surface area contributed by atoms with Gasteiger partial charge in [-0.1, -0.05) is 5.16 Å². The van der Waals surface area contributed by atoms with Gasteiger partial charge in [-0.15, -0.1) is 0 Å². The lowest BCUT2D eigenvalue weighted by atomic mass is 10.1. The monoisotopic (exact) mass is 250 g/mol. The smallest absolute Gasteiger partial charge is 0.424 e. The fraction of sp³-hybridized carbons (Fsp3) is 0.556. The predicted molar refractivity (Wildman–Crippen MR) is 49.4 cm³/mol. The number of hydrogen-bond acceptors (Lipinski definition) is 5. The Hall–Kier alpha value is -1.73. The molecular weight excluding hydrogens is 241 g/mol. The van der Waals surface area contributed by atoms with E-state index in [-0.39, 0.29) is 5.82 Å². The van der Waals surface area contributed by atoms with Gasteiger partial charge in [0.25, 0.3) is 5.54 Å². The highest BCUT2D eigenvalue weighted by Gasteiger charge is 2.77. The second-order valence-corrected chi connectivity index (χ2v) is 3.73. The van der Waals surface area contributed by atoms with E-state index in [4.69, 9.17) is 0 Å². The van der Waals surface area contributed by atoms with Crippen LogP contribution in [0, 0.1) is 6.92 Å². The fourth-order valence-electron chi connectivity index (χ4n) is 1.65. The van der Waals surface area contributed by atoms with Crippen LogP contribution in [0.2, 0.25) is 0 Å². The molecule has 1 saturated heterocycles. The van der Waals surface area contributed by atoms with E-state index in [2.05, 4.69) is 14.4 Å². The third-order valence-corrected chi connectivity index (χ3v) is 2.63. The normalized spacial score (nSPS) is 23.7. The standard InChI is InChI=1S/C9H9F3N2O3/c1-5-3-6(13-17-5)14-4-8(14,7(15)16-2)9(10,11)12/h3H,4H2,1-2H3. The van der Waals surface area contributed by atoms with Crippen molar-refractivity contribution < 1.29 is 27.2 Å². The SMILES string of the molecule is COC(=O)C1(C(F)(F)F)CN1c1cc(C)on1. The van der Waals surface area contributed by atoms with Crippen LogP contribution < -0.4 is 4.90 Å². The van der Waals surface area contributed by atoms with Crippen LogP contribution in [0.4, 0.5) is 19.0 Å². The van der Waals surface area contributed by atoms with Gasteiger partial charge >= 0.3 is 12.1 Å². The summed E-state index contributed by atoms with van der Waals surface area (Å²) < 4.78 is 47.5. The number of carbonyl (C=O) groups excluding carboxylic acids is 1. The van der Waals surface area contributed by atoms with E-state index in [9.17, 15) is 18.0 Å². The second-order valence-electron chi connectivity index (χ2n) is 3.73. The molecule has 2 rings (SSSR count). The zero-order valence-electron chi connectivity index (χ0n) is 9.04. The molecule has 0 spiro atoms. The summed E-state index contributed by atoms with van der Waals surface area (Å²) in [7, 11) is 0.917. The summed E-state index contributed by atoms with van der Waals surface area (Å²) in [4.78, 5) is 12.1. The maximum atomic E-state index is 12.9. The number of halogens is 3. The first-order valence-electron chi connectivity index (χ1n) is 4.69. The maximum absolute atomic E-state index is 12.9. The Balaban J connectivity index is 2.33. The first kappa shape index (κ1) is 11.7. The summed E-state index contributed by atoms with van der Waals surface area (Å²) in [6, 6.07) is 1.33. The van der Waals surface area contributed by atoms with E-state index in [1.54, 1.807) is 6.92 Å². The van der Waals surface area contributed by atoms with Gasteiger partial charge in [0, 0.05) is 6.07 Å². The molecule has 8 heteroatoms. The van der Waals surface area contributed by atoms with Gasteiger partial charge in [-0.25, -0.2) is 4.79 Å². The van der Waals surface area contributed by atoms with Crippen molar-refractivity contribution in [2.45, 2.75) is 18.6 Å². The van der Waals surface area contributed by atoms with Gasteiger partial charge in [0.1, 0.15) is 5.76 Å². The van der Waals surface area contributed by atoms with Gasteiger partial charge < -0.3 is 14.2 Å². The molecule has 1 fully saturated rings. The molecule has 1 aliphatic heterocycles. The first-order valence-corrected chi connectivity index (χ1v) is 4.69. The molecule has 2 heterocycles. The highest BCUT2D eigenvalue weighted by molar-refractivity contribution is 5.93. The fourth-order valence-corrected chi connectivity index (χ4v) is 1.65. The summed E-state index contributed by atoms with van der Waals surface area (Å²) in [5, 5.41) is 3.45. The van der Waals surface area contributed by atoms with Crippen molar-refractivity contribution in [1.29, 1.82) is 0 Å². The Morgan fingerprint density at radius 3 is 2.71 bits per heavy atom. The van der Waals surface area contributed by atoms with Crippen molar-refractivity contribution in [2.75, 3.05) is 18.6 Å². The van der Waals surface area contributed by atoms with Crippen LogP contribution in [0.3, 0.4) is 0 Å². The van der Waals surface area contributed by atoms with Gasteiger partial charge in [0.2, 0.25) is 0 Å². The summed E-state index contributed by atoms with van der Waals surface area (Å²) in [6.45, 7) is 1.04. The van der Waals surface area contributed by atoms with E-state index >= 15 is 0 Å². The van der Waals surface area contributed by atoms with Crippen LogP contribution in [-0.2, 0) is 9.53 Å². The van der Waals surface area contributed by atoms with Crippen LogP contribution in [0.15, 0.2) is 10.6 Å². The van der Waals surface area contributed by atoms with E-state index in [1.807, 2.05) is 0 Å². The van der Waals surface area contributed by atoms with Crippen molar-refractivity contribution in [3.63, 3.8) is 0 Å². The number of rotatable bonds is 2. The first-order chi connectivity index (χ1) is 7.83. The van der Waals surface area contributed by atoms with Gasteiger partial charge in [0.15, 0.2) is 5.82 Å². The van der Waals surface area contributed by atoms with E-state index in [0.717, 1.165) is 12.0 Å². The number of alkyl halides is 3. The minimum Gasteiger partial charge on any atom is -0.467 e. The van der Waals surface area contributed by atoms with Crippen LogP contribution in [0.25, 0.3) is 0 Å². The van der Waals surface area contributed by atoms with Gasteiger partial charge in [0.05, 0.1) is 13.7 Å². The molecule has 0 radical (unpaired) electrons. The van der Waals surface area contributed by atoms with Crippen LogP contribution in [-0.4, -0.2) is 36.5 Å². The number of esters is 1. The number of hydrogen-bond donors (Lipinski definition) is 0. The maximum Gasteiger partial charge on any atom is 0.424 e. The molecule has 0 aliphatic carbocycles. The molecule has 1 atom stereocenters. The minimum atomic E-state index is -4.72. The predicted octanol–water partition coefficient (Wildman–Crippen LogP) is 1.28. The van der Waals surface area contributed by atoms with Crippen molar-refractivity contribution in [3.05, 3.63) is 11.8 Å². The molecule has 1 aromatic heterocycles. The lowest BCUT2D eigenvalue weighted by Crippen LogP contribution is -2.45. The second kappa shape index (κ2) is 3.38. The third-order valence-electron chi connectivity index (χ3n) is 2.63. The number of aryl methyl sites for hydroxylation is 1. The Bertz CT molecular complexity index is 457. The molecule has 1 unspecified atom stereocenters. The number of methoxy groups -OCH3 is 1. The molecular formula is C9H9F3N2O3. The summed E-state index contributed by atoms with van der Waals surface area (Å²) in [5.74, 6) is -0.997. The van der Waals surface area contributed by atoms with Crippen molar-refractivity contribution in [1.82, 2.24) is 5.16 Å². The molecule has 0 bridgehead atoms. The molecule has 1 aliphatic rings. The number of aromatic nitrogens is 1. The van der Waals surface area contributed by atoms with Gasteiger partial charge in [-0.2, -0.15) is 13.2 Å². The molecule has 94 valence electrons. The Labute approximate surface area is 94.1 Å². The molecule has 0 aromatic carbocycles. The zero-order valence-corrected chi connectivity index (χ0v) is 9.04. The average Bonchev–Trinajstić information content (AvgIpc) is 2.88. The minimum absolute atomic E-state index is 0.0229. The number of anilines is 1. The molecule has 5 nitrogen and oxygen atoms in total. The summed E-state index contributed by atoms with van der Waals surface area (Å²) >= 11 is 0. The topological polar surface area (TPSA) is 55.3 Å². The van der Waals surface area contributed by atoms with Crippen molar-refractivity contribution >= 4 is 11.8 Å². The number of nitrogens with zero attached hydrogens (tertiary/aromatic N) is 2. The van der Waals surface area contributed by atoms with Crippen molar-refractivity contribution in [3.8, 4) is 0 Å². The largest absolute Gasteiger partial charge is 0.467 e. The summed E-state index contributed by atoms with van der Waals surface area (Å²) in [6.07, 6.45) is -4.72. The lowest BCUT2D eigenvalue weighted by molar-refractivity contribution is -0.183. The highest BCUT2D eigenvalue weighted by atomic mass is 19.4. The van der Waals surface area contributed by atoms with Crippen LogP contribution >= 0.6 is 0 Å². The number of ether oxygens (including phenoxy) is 1. The average molecular weight is 250 g/mol. The molecule has 17 heavy (non-hydrogen) atoms. The number of carbonyl (C=O) groups is 1. The van der Waals surface area contributed by atoms with Gasteiger partial charge in [-0.3, -0.25) is 0 Å². The van der Waals surface area contributed by atoms with Crippen molar-refractivity contribution in [2.24, 2.45) is 0 Å². The van der Waals surface area contributed by atoms with Gasteiger partial charge in [-0.05, 0) is 6.92 Å². The van der Waals surface area contributed by atoms with Crippen LogP contribution in [0.1, 0.15) is 5.76 Å². The van der Waals surface area contributed by atoms with E-state index < -0.39 is 24.2 Å².